The van der Waals surface area contributed by atoms with Crippen LogP contribution in [-0.2, 0) is 10.8 Å². The molecule has 2 heterocycles. The van der Waals surface area contributed by atoms with Crippen LogP contribution in [0.5, 0.6) is 0 Å². The van der Waals surface area contributed by atoms with Crippen LogP contribution in [0.15, 0.2) is 255 Å². The first-order chi connectivity index (χ1) is 36.3. The zero-order valence-corrected chi connectivity index (χ0v) is 42.1. The summed E-state index contributed by atoms with van der Waals surface area (Å²) in [7, 11) is 0. The number of nitrogens with zero attached hydrogens (tertiary/aromatic N) is 2. The lowest BCUT2D eigenvalue weighted by atomic mass is 9.72. The quantitative estimate of drug-likeness (QED) is 0.153. The molecule has 0 aliphatic carbocycles. The maximum absolute atomic E-state index is 2.53. The summed E-state index contributed by atoms with van der Waals surface area (Å²) in [6.07, 6.45) is 0. The van der Waals surface area contributed by atoms with Gasteiger partial charge in [-0.25, -0.2) is 0 Å². The second kappa shape index (κ2) is 16.8. The molecule has 2 heteroatoms. The van der Waals surface area contributed by atoms with Crippen LogP contribution in [0.1, 0.15) is 49.9 Å². The molecule has 0 amide bonds. The molecule has 0 N–H and O–H groups in total. The van der Waals surface area contributed by atoms with Gasteiger partial charge in [-0.1, -0.05) is 228 Å². The zero-order valence-electron chi connectivity index (χ0n) is 42.1. The minimum atomic E-state index is -0.259. The fraction of sp³-hybridized carbons (Fsp3) is 0.0833. The summed E-state index contributed by atoms with van der Waals surface area (Å²) >= 11 is 0. The number of hydrogen-bond donors (Lipinski definition) is 0. The number of rotatable bonds is 6. The Bertz CT molecular complexity index is 3980. The van der Waals surface area contributed by atoms with Crippen LogP contribution < -0.4 is 9.80 Å². The van der Waals surface area contributed by atoms with Crippen LogP contribution in [0, 0.1) is 0 Å². The summed E-state index contributed by atoms with van der Waals surface area (Å²) in [6.45, 7) is 9.56. The lowest BCUT2D eigenvalue weighted by Crippen LogP contribution is -2.31. The number of fused-ring (bicyclic) bond motifs is 7. The molecule has 12 aromatic carbocycles. The van der Waals surface area contributed by atoms with E-state index in [1.165, 1.54) is 122 Å². The second-order valence-electron chi connectivity index (χ2n) is 21.2. The van der Waals surface area contributed by atoms with Crippen molar-refractivity contribution in [2.75, 3.05) is 9.80 Å². The van der Waals surface area contributed by atoms with Gasteiger partial charge < -0.3 is 9.80 Å². The van der Waals surface area contributed by atoms with E-state index in [0.717, 1.165) is 11.4 Å². The summed E-state index contributed by atoms with van der Waals surface area (Å²) in [5.74, 6) is 0. The van der Waals surface area contributed by atoms with Gasteiger partial charge in [-0.05, 0) is 143 Å². The highest BCUT2D eigenvalue weighted by atomic mass is 15.2. The van der Waals surface area contributed by atoms with Crippen LogP contribution in [0.2, 0.25) is 0 Å². The Labute approximate surface area is 434 Å². The first kappa shape index (κ1) is 43.8. The first-order valence-electron chi connectivity index (χ1n) is 26.0. The van der Waals surface area contributed by atoms with Crippen LogP contribution >= 0.6 is 0 Å². The Morgan fingerprint density at radius 2 is 0.676 bits per heavy atom. The van der Waals surface area contributed by atoms with Crippen LogP contribution in [-0.4, -0.2) is 0 Å². The normalized spacial score (nSPS) is 14.1. The SMILES string of the molecule is CC1(C)c2ccccc2N(c2ccccc2)c2c(-c3cccc4c(-c5cc(-c6ccccc6)c6ccccc6c5)c5cccc(-c6cccc7c6N(c6ccccc6)c6ccccc6C7(C)C)c5cc34)cccc21. The Morgan fingerprint density at radius 1 is 0.270 bits per heavy atom. The molecule has 0 atom stereocenters. The van der Waals surface area contributed by atoms with Crippen molar-refractivity contribution in [1.82, 2.24) is 0 Å². The van der Waals surface area contributed by atoms with E-state index in [4.69, 9.17) is 0 Å². The van der Waals surface area contributed by atoms with Gasteiger partial charge in [0.25, 0.3) is 0 Å². The van der Waals surface area contributed by atoms with Gasteiger partial charge in [0.15, 0.2) is 0 Å². The van der Waals surface area contributed by atoms with E-state index in [1.807, 2.05) is 0 Å². The van der Waals surface area contributed by atoms with Crippen molar-refractivity contribution in [2.45, 2.75) is 38.5 Å². The second-order valence-corrected chi connectivity index (χ2v) is 21.2. The van der Waals surface area contributed by atoms with Gasteiger partial charge in [0.2, 0.25) is 0 Å². The van der Waals surface area contributed by atoms with Crippen molar-refractivity contribution >= 4 is 66.4 Å². The molecule has 0 unspecified atom stereocenters. The number of anilines is 6. The molecule has 0 aromatic heterocycles. The predicted octanol–water partition coefficient (Wildman–Crippen LogP) is 20.0. The van der Waals surface area contributed by atoms with Gasteiger partial charge >= 0.3 is 0 Å². The third kappa shape index (κ3) is 6.57. The number of hydrogen-bond acceptors (Lipinski definition) is 2. The molecule has 352 valence electrons. The average Bonchev–Trinajstić information content (AvgIpc) is 3.46. The summed E-state index contributed by atoms with van der Waals surface area (Å²) in [5.41, 5.74) is 21.5. The van der Waals surface area contributed by atoms with Crippen LogP contribution in [0.3, 0.4) is 0 Å². The van der Waals surface area contributed by atoms with E-state index in [-0.39, 0.29) is 10.8 Å². The summed E-state index contributed by atoms with van der Waals surface area (Å²) in [4.78, 5) is 5.03. The summed E-state index contributed by atoms with van der Waals surface area (Å²) in [5, 5.41) is 7.33. The Balaban J connectivity index is 1.11. The predicted molar refractivity (Wildman–Crippen MR) is 314 cm³/mol. The highest BCUT2D eigenvalue weighted by molar-refractivity contribution is 6.21. The maximum atomic E-state index is 2.53. The Hall–Kier alpha value is -8.98. The van der Waals surface area contributed by atoms with Crippen LogP contribution in [0.4, 0.5) is 34.1 Å². The van der Waals surface area contributed by atoms with Gasteiger partial charge in [0.05, 0.1) is 22.7 Å². The van der Waals surface area contributed by atoms with E-state index in [0.29, 0.717) is 0 Å². The van der Waals surface area contributed by atoms with E-state index < -0.39 is 0 Å². The molecule has 2 nitrogen and oxygen atoms in total. The molecule has 2 aliphatic rings. The minimum Gasteiger partial charge on any atom is -0.309 e. The molecule has 0 spiro atoms. The van der Waals surface area contributed by atoms with Gasteiger partial charge in [-0.3, -0.25) is 0 Å². The van der Waals surface area contributed by atoms with Gasteiger partial charge in [-0.2, -0.15) is 0 Å². The Kier molecular flexibility index (Phi) is 9.94. The molecular formula is C72H54N2. The van der Waals surface area contributed by atoms with E-state index in [2.05, 4.69) is 292 Å². The zero-order chi connectivity index (χ0) is 49.7. The highest BCUT2D eigenvalue weighted by Crippen LogP contribution is 2.58. The van der Waals surface area contributed by atoms with E-state index >= 15 is 0 Å². The highest BCUT2D eigenvalue weighted by Gasteiger charge is 2.40. The smallest absolute Gasteiger partial charge is 0.0581 e. The number of para-hydroxylation sites is 6. The van der Waals surface area contributed by atoms with E-state index in [1.54, 1.807) is 0 Å². The van der Waals surface area contributed by atoms with Gasteiger partial charge in [0, 0.05) is 33.3 Å². The molecule has 0 fully saturated rings. The summed E-state index contributed by atoms with van der Waals surface area (Å²) in [6, 6.07) is 95.0. The molecule has 0 saturated heterocycles. The maximum Gasteiger partial charge on any atom is 0.0581 e. The van der Waals surface area contributed by atoms with Crippen LogP contribution in [0.25, 0.3) is 76.8 Å². The average molecular weight is 947 g/mol. The van der Waals surface area contributed by atoms with Crippen molar-refractivity contribution in [3.05, 3.63) is 277 Å². The minimum absolute atomic E-state index is 0.259. The largest absolute Gasteiger partial charge is 0.309 e. The molecule has 0 saturated carbocycles. The third-order valence-corrected chi connectivity index (χ3v) is 16.4. The van der Waals surface area contributed by atoms with Crippen molar-refractivity contribution < 1.29 is 0 Å². The monoisotopic (exact) mass is 946 g/mol. The third-order valence-electron chi connectivity index (χ3n) is 16.4. The Morgan fingerprint density at radius 3 is 1.20 bits per heavy atom. The number of benzene rings is 12. The molecule has 74 heavy (non-hydrogen) atoms. The lowest BCUT2D eigenvalue weighted by molar-refractivity contribution is 0.632. The fourth-order valence-corrected chi connectivity index (χ4v) is 12.9. The fourth-order valence-electron chi connectivity index (χ4n) is 12.9. The van der Waals surface area contributed by atoms with E-state index in [9.17, 15) is 0 Å². The molecular weight excluding hydrogens is 893 g/mol. The first-order valence-corrected chi connectivity index (χ1v) is 26.0. The van der Waals surface area contributed by atoms with Gasteiger partial charge in [-0.15, -0.1) is 0 Å². The van der Waals surface area contributed by atoms with Crippen molar-refractivity contribution in [1.29, 1.82) is 0 Å². The molecule has 0 radical (unpaired) electrons. The standard InChI is InChI=1S/C72H54N2/c1-71(2)62-38-16-18-42-66(62)73(50-27-10-6-11-28-50)69-57(36-22-40-64(69)71)53-32-20-34-55-60(53)46-61-54(33-21-35-56(61)68(55)49-44-48-26-14-15-31-52(48)59(45-49)47-24-8-5-9-25-47)58-37-23-41-65-70(58)74(51-29-12-7-13-30-51)67-43-19-17-39-63(67)72(65,3)4/h5-46H,1-4H3. The summed E-state index contributed by atoms with van der Waals surface area (Å²) < 4.78 is 0. The molecule has 0 bridgehead atoms. The molecule has 2 aliphatic heterocycles. The molecule has 12 aromatic rings. The van der Waals surface area contributed by atoms with Crippen molar-refractivity contribution in [3.63, 3.8) is 0 Å². The van der Waals surface area contributed by atoms with Gasteiger partial charge in [0.1, 0.15) is 0 Å². The lowest BCUT2D eigenvalue weighted by Gasteiger charge is -2.43. The van der Waals surface area contributed by atoms with Crippen molar-refractivity contribution in [3.8, 4) is 44.5 Å². The van der Waals surface area contributed by atoms with Crippen molar-refractivity contribution in [2.24, 2.45) is 0 Å². The molecule has 14 rings (SSSR count). The topological polar surface area (TPSA) is 6.48 Å².